The van der Waals surface area contributed by atoms with Gasteiger partial charge in [-0.3, -0.25) is 9.20 Å². The molecular formula is C13H14ClN3O2S. The lowest BCUT2D eigenvalue weighted by Gasteiger charge is -2.08. The van der Waals surface area contributed by atoms with Gasteiger partial charge in [-0.2, -0.15) is 0 Å². The molecule has 0 aliphatic carbocycles. The first-order chi connectivity index (χ1) is 9.74. The van der Waals surface area contributed by atoms with Crippen LogP contribution in [0.25, 0.3) is 11.0 Å². The molecule has 1 aliphatic heterocycles. The largest absolute Gasteiger partial charge is 0.376 e. The zero-order valence-corrected chi connectivity index (χ0v) is 12.3. The number of hydrogen-bond acceptors (Lipinski definition) is 4. The van der Waals surface area contributed by atoms with Gasteiger partial charge < -0.3 is 10.1 Å². The smallest absolute Gasteiger partial charge is 0.244 e. The van der Waals surface area contributed by atoms with Gasteiger partial charge in [0.25, 0.3) is 0 Å². The van der Waals surface area contributed by atoms with Crippen LogP contribution >= 0.6 is 22.9 Å². The van der Waals surface area contributed by atoms with Crippen LogP contribution in [-0.4, -0.2) is 34.5 Å². The molecule has 1 saturated heterocycles. The van der Waals surface area contributed by atoms with Crippen LogP contribution in [0.3, 0.4) is 0 Å². The Hall–Kier alpha value is -1.37. The molecule has 1 unspecified atom stereocenters. The normalized spacial score (nSPS) is 19.1. The van der Waals surface area contributed by atoms with Crippen molar-refractivity contribution in [3.63, 3.8) is 0 Å². The molecule has 0 bridgehead atoms. The van der Waals surface area contributed by atoms with E-state index in [9.17, 15) is 4.79 Å². The summed E-state index contributed by atoms with van der Waals surface area (Å²) >= 11 is 7.54. The van der Waals surface area contributed by atoms with Gasteiger partial charge in [0.05, 0.1) is 11.8 Å². The van der Waals surface area contributed by atoms with Gasteiger partial charge in [-0.1, -0.05) is 11.6 Å². The summed E-state index contributed by atoms with van der Waals surface area (Å²) < 4.78 is 7.31. The van der Waals surface area contributed by atoms with E-state index in [0.717, 1.165) is 30.1 Å². The molecule has 0 spiro atoms. The van der Waals surface area contributed by atoms with Crippen LogP contribution < -0.4 is 5.32 Å². The third kappa shape index (κ3) is 2.87. The highest BCUT2D eigenvalue weighted by Gasteiger charge is 2.15. The zero-order chi connectivity index (χ0) is 13.9. The van der Waals surface area contributed by atoms with Crippen molar-refractivity contribution in [3.05, 3.63) is 28.5 Å². The van der Waals surface area contributed by atoms with Crippen molar-refractivity contribution in [3.8, 4) is 0 Å². The molecule has 1 aliphatic rings. The number of imidazole rings is 1. The van der Waals surface area contributed by atoms with Crippen LogP contribution in [0.5, 0.6) is 0 Å². The maximum atomic E-state index is 11.8. The number of aromatic nitrogens is 2. The van der Waals surface area contributed by atoms with Gasteiger partial charge in [0.1, 0.15) is 0 Å². The Morgan fingerprint density at radius 2 is 2.60 bits per heavy atom. The van der Waals surface area contributed by atoms with Crippen molar-refractivity contribution in [1.82, 2.24) is 14.7 Å². The fourth-order valence-electron chi connectivity index (χ4n) is 2.16. The predicted molar refractivity (Wildman–Crippen MR) is 79.1 cm³/mol. The van der Waals surface area contributed by atoms with E-state index in [1.807, 2.05) is 16.0 Å². The molecule has 5 nitrogen and oxygen atoms in total. The number of carbonyl (C=O) groups excluding carboxylic acids is 1. The summed E-state index contributed by atoms with van der Waals surface area (Å²) in [5.74, 6) is -0.151. The number of halogens is 1. The van der Waals surface area contributed by atoms with E-state index in [0.29, 0.717) is 11.7 Å². The monoisotopic (exact) mass is 311 g/mol. The zero-order valence-electron chi connectivity index (χ0n) is 10.7. The highest BCUT2D eigenvalue weighted by Crippen LogP contribution is 2.22. The first kappa shape index (κ1) is 13.6. The van der Waals surface area contributed by atoms with Crippen LogP contribution in [-0.2, 0) is 9.53 Å². The highest BCUT2D eigenvalue weighted by molar-refractivity contribution is 7.15. The van der Waals surface area contributed by atoms with Crippen molar-refractivity contribution in [2.45, 2.75) is 18.9 Å². The van der Waals surface area contributed by atoms with E-state index in [1.54, 1.807) is 6.08 Å². The lowest BCUT2D eigenvalue weighted by molar-refractivity contribution is -0.116. The van der Waals surface area contributed by atoms with Crippen LogP contribution in [0.2, 0.25) is 5.15 Å². The van der Waals surface area contributed by atoms with E-state index in [4.69, 9.17) is 16.3 Å². The molecule has 106 valence electrons. The second-order valence-electron chi connectivity index (χ2n) is 4.56. The van der Waals surface area contributed by atoms with Gasteiger partial charge in [0.2, 0.25) is 5.91 Å². The Kier molecular flexibility index (Phi) is 4.05. The van der Waals surface area contributed by atoms with Crippen LogP contribution in [0, 0.1) is 0 Å². The Labute approximate surface area is 125 Å². The minimum atomic E-state index is -0.151. The highest BCUT2D eigenvalue weighted by atomic mass is 35.5. The Morgan fingerprint density at radius 1 is 1.70 bits per heavy atom. The number of rotatable bonds is 4. The van der Waals surface area contributed by atoms with E-state index < -0.39 is 0 Å². The van der Waals surface area contributed by atoms with Crippen molar-refractivity contribution < 1.29 is 9.53 Å². The van der Waals surface area contributed by atoms with E-state index in [-0.39, 0.29) is 12.0 Å². The molecule has 1 atom stereocenters. The van der Waals surface area contributed by atoms with Crippen molar-refractivity contribution in [1.29, 1.82) is 0 Å². The summed E-state index contributed by atoms with van der Waals surface area (Å²) in [5, 5.41) is 5.15. The van der Waals surface area contributed by atoms with E-state index in [1.165, 1.54) is 17.4 Å². The van der Waals surface area contributed by atoms with Crippen LogP contribution in [0.15, 0.2) is 17.7 Å². The Balaban J connectivity index is 1.62. The predicted octanol–water partition coefficient (Wildman–Crippen LogP) is 2.36. The number of nitrogens with zero attached hydrogens (tertiary/aromatic N) is 2. The molecular weight excluding hydrogens is 298 g/mol. The Bertz CT molecular complexity index is 643. The van der Waals surface area contributed by atoms with Gasteiger partial charge >= 0.3 is 0 Å². The summed E-state index contributed by atoms with van der Waals surface area (Å²) in [5.41, 5.74) is 0.718. The number of hydrogen-bond donors (Lipinski definition) is 1. The second kappa shape index (κ2) is 5.95. The van der Waals surface area contributed by atoms with E-state index >= 15 is 0 Å². The van der Waals surface area contributed by atoms with Gasteiger partial charge in [0.15, 0.2) is 10.1 Å². The average Bonchev–Trinajstić information content (AvgIpc) is 3.11. The van der Waals surface area contributed by atoms with Gasteiger partial charge in [-0.05, 0) is 18.9 Å². The molecule has 1 fully saturated rings. The van der Waals surface area contributed by atoms with Crippen molar-refractivity contribution in [2.24, 2.45) is 0 Å². The molecule has 0 radical (unpaired) electrons. The fourth-order valence-corrected chi connectivity index (χ4v) is 3.16. The first-order valence-corrected chi connectivity index (χ1v) is 7.68. The molecule has 1 N–H and O–H groups in total. The molecule has 2 aromatic rings. The molecule has 7 heteroatoms. The summed E-state index contributed by atoms with van der Waals surface area (Å²) in [4.78, 5) is 16.8. The van der Waals surface area contributed by atoms with E-state index in [2.05, 4.69) is 10.3 Å². The molecule has 3 heterocycles. The number of ether oxygens (including phenoxy) is 1. The molecule has 0 saturated carbocycles. The van der Waals surface area contributed by atoms with Gasteiger partial charge in [-0.15, -0.1) is 11.3 Å². The summed E-state index contributed by atoms with van der Waals surface area (Å²) in [6.45, 7) is 1.34. The Morgan fingerprint density at radius 3 is 3.40 bits per heavy atom. The maximum Gasteiger partial charge on any atom is 0.244 e. The van der Waals surface area contributed by atoms with Crippen LogP contribution in [0.4, 0.5) is 0 Å². The van der Waals surface area contributed by atoms with Crippen molar-refractivity contribution >= 4 is 39.9 Å². The standard InChI is InChI=1S/C13H14ClN3O2S/c14-12-10(17-5-7-20-13(17)16-12)3-4-11(18)15-8-9-2-1-6-19-9/h3-5,7,9H,1-2,6,8H2,(H,15,18)/b4-3+. The fraction of sp³-hybridized carbons (Fsp3) is 0.385. The quantitative estimate of drug-likeness (QED) is 0.882. The third-order valence-electron chi connectivity index (χ3n) is 3.17. The topological polar surface area (TPSA) is 55.6 Å². The number of carbonyl (C=O) groups is 1. The molecule has 0 aromatic carbocycles. The first-order valence-electron chi connectivity index (χ1n) is 6.42. The van der Waals surface area contributed by atoms with Crippen LogP contribution in [0.1, 0.15) is 18.5 Å². The second-order valence-corrected chi connectivity index (χ2v) is 5.79. The van der Waals surface area contributed by atoms with Gasteiger partial charge in [-0.25, -0.2) is 4.98 Å². The summed E-state index contributed by atoms with van der Waals surface area (Å²) in [6.07, 6.45) is 7.26. The maximum absolute atomic E-state index is 11.8. The average molecular weight is 312 g/mol. The number of amides is 1. The third-order valence-corrected chi connectivity index (χ3v) is 4.21. The minimum Gasteiger partial charge on any atom is -0.376 e. The molecule has 1 amide bonds. The minimum absolute atomic E-state index is 0.148. The lowest BCUT2D eigenvalue weighted by Crippen LogP contribution is -2.30. The number of nitrogens with one attached hydrogen (secondary N) is 1. The van der Waals surface area contributed by atoms with Gasteiger partial charge in [0, 0.05) is 30.8 Å². The molecule has 2 aromatic heterocycles. The molecule has 3 rings (SSSR count). The van der Waals surface area contributed by atoms with Crippen molar-refractivity contribution in [2.75, 3.05) is 13.2 Å². The summed E-state index contributed by atoms with van der Waals surface area (Å²) in [7, 11) is 0. The number of thiazole rings is 1. The SMILES string of the molecule is O=C(/C=C/c1c(Cl)nc2sccn12)NCC1CCCO1. The number of fused-ring (bicyclic) bond motifs is 1. The lowest BCUT2D eigenvalue weighted by atomic mass is 10.2. The molecule has 20 heavy (non-hydrogen) atoms. The summed E-state index contributed by atoms with van der Waals surface area (Å²) in [6, 6.07) is 0.